The fourth-order valence-electron chi connectivity index (χ4n) is 1.69. The van der Waals surface area contributed by atoms with Crippen molar-refractivity contribution in [1.82, 2.24) is 0 Å². The second kappa shape index (κ2) is 6.30. The molecule has 1 N–H and O–H groups in total. The van der Waals surface area contributed by atoms with Crippen molar-refractivity contribution < 1.29 is 5.11 Å². The highest BCUT2D eigenvalue weighted by molar-refractivity contribution is 7.99. The van der Waals surface area contributed by atoms with E-state index in [1.807, 2.05) is 60.7 Å². The van der Waals surface area contributed by atoms with Crippen LogP contribution >= 0.6 is 11.8 Å². The lowest BCUT2D eigenvalue weighted by Crippen LogP contribution is -2.13. The molecule has 0 unspecified atom stereocenters. The number of aliphatic hydroxyl groups is 1. The predicted molar refractivity (Wildman–Crippen MR) is 76.3 cm³/mol. The van der Waals surface area contributed by atoms with Gasteiger partial charge in [0.15, 0.2) is 0 Å². The first-order chi connectivity index (χ1) is 8.81. The summed E-state index contributed by atoms with van der Waals surface area (Å²) >= 11 is 1.58. The van der Waals surface area contributed by atoms with E-state index >= 15 is 0 Å². The second-order valence-corrected chi connectivity index (χ2v) is 5.09. The highest BCUT2D eigenvalue weighted by Crippen LogP contribution is 2.37. The van der Waals surface area contributed by atoms with Crippen molar-refractivity contribution in [1.29, 1.82) is 0 Å². The molecule has 1 nitrogen and oxygen atoms in total. The Hall–Kier alpha value is -1.69. The first kappa shape index (κ1) is 12.8. The van der Waals surface area contributed by atoms with Gasteiger partial charge in [-0.2, -0.15) is 0 Å². The van der Waals surface area contributed by atoms with E-state index in [1.165, 1.54) is 0 Å². The highest BCUT2D eigenvalue weighted by Gasteiger charge is 2.20. The summed E-state index contributed by atoms with van der Waals surface area (Å²) in [6.45, 7) is 0. The average molecular weight is 254 g/mol. The van der Waals surface area contributed by atoms with Gasteiger partial charge < -0.3 is 5.11 Å². The average Bonchev–Trinajstić information content (AvgIpc) is 2.46. The van der Waals surface area contributed by atoms with Crippen LogP contribution in [0.2, 0.25) is 0 Å². The van der Waals surface area contributed by atoms with Crippen LogP contribution in [0.5, 0.6) is 0 Å². The number of benzene rings is 2. The molecular weight excluding hydrogens is 240 g/mol. The minimum absolute atomic E-state index is 0.140. The van der Waals surface area contributed by atoms with Crippen LogP contribution < -0.4 is 0 Å². The van der Waals surface area contributed by atoms with Gasteiger partial charge in [0.2, 0.25) is 0 Å². The highest BCUT2D eigenvalue weighted by atomic mass is 32.2. The molecule has 0 spiro atoms. The quantitative estimate of drug-likeness (QED) is 0.665. The Bertz CT molecular complexity index is 516. The van der Waals surface area contributed by atoms with Crippen molar-refractivity contribution in [3.8, 4) is 12.3 Å². The van der Waals surface area contributed by atoms with Crippen molar-refractivity contribution in [2.75, 3.05) is 0 Å². The third-order valence-corrected chi connectivity index (χ3v) is 3.92. The molecule has 18 heavy (non-hydrogen) atoms. The van der Waals surface area contributed by atoms with Gasteiger partial charge in [0.1, 0.15) is 6.10 Å². The lowest BCUT2D eigenvalue weighted by molar-refractivity contribution is 0.230. The maximum atomic E-state index is 9.98. The van der Waals surface area contributed by atoms with Crippen molar-refractivity contribution in [2.45, 2.75) is 16.2 Å². The van der Waals surface area contributed by atoms with Gasteiger partial charge in [0, 0.05) is 4.90 Å². The molecule has 0 bridgehead atoms. The van der Waals surface area contributed by atoms with Gasteiger partial charge in [-0.25, -0.2) is 0 Å². The molecule has 2 rings (SSSR count). The Labute approximate surface area is 112 Å². The lowest BCUT2D eigenvalue weighted by Gasteiger charge is -2.19. The molecule has 2 heteroatoms. The summed E-state index contributed by atoms with van der Waals surface area (Å²) in [4.78, 5) is 1.10. The van der Waals surface area contributed by atoms with Crippen LogP contribution in [0.1, 0.15) is 10.8 Å². The molecule has 2 atom stereocenters. The fraction of sp³-hybridized carbons (Fsp3) is 0.125. The minimum atomic E-state index is -0.794. The molecule has 0 aliphatic carbocycles. The van der Waals surface area contributed by atoms with Gasteiger partial charge in [-0.15, -0.1) is 18.2 Å². The van der Waals surface area contributed by atoms with Crippen molar-refractivity contribution in [3.63, 3.8) is 0 Å². The van der Waals surface area contributed by atoms with Gasteiger partial charge >= 0.3 is 0 Å². The largest absolute Gasteiger partial charge is 0.379 e. The van der Waals surface area contributed by atoms with Gasteiger partial charge in [0.05, 0.1) is 5.25 Å². The number of rotatable bonds is 4. The molecule has 0 heterocycles. The third kappa shape index (κ3) is 3.16. The lowest BCUT2D eigenvalue weighted by atomic mass is 10.1. The van der Waals surface area contributed by atoms with Crippen molar-refractivity contribution >= 4 is 11.8 Å². The summed E-state index contributed by atoms with van der Waals surface area (Å²) in [6.07, 6.45) is 4.56. The van der Waals surface area contributed by atoms with Gasteiger partial charge in [-0.3, -0.25) is 0 Å². The van der Waals surface area contributed by atoms with E-state index < -0.39 is 6.10 Å². The number of aliphatic hydroxyl groups excluding tert-OH is 1. The molecule has 0 fully saturated rings. The summed E-state index contributed by atoms with van der Waals surface area (Å²) in [5.41, 5.74) is 1.04. The van der Waals surface area contributed by atoms with Gasteiger partial charge in [-0.1, -0.05) is 54.5 Å². The molecule has 2 aromatic carbocycles. The van der Waals surface area contributed by atoms with E-state index in [1.54, 1.807) is 11.8 Å². The van der Waals surface area contributed by atoms with E-state index in [0.29, 0.717) is 0 Å². The molecule has 0 aromatic heterocycles. The molecule has 0 saturated heterocycles. The minimum Gasteiger partial charge on any atom is -0.379 e. The zero-order valence-electron chi connectivity index (χ0n) is 9.86. The Kier molecular flexibility index (Phi) is 4.46. The molecule has 90 valence electrons. The third-order valence-electron chi connectivity index (χ3n) is 2.59. The Morgan fingerprint density at radius 1 is 0.944 bits per heavy atom. The molecule has 0 aliphatic rings. The Morgan fingerprint density at radius 2 is 1.50 bits per heavy atom. The van der Waals surface area contributed by atoms with Crippen LogP contribution in [0, 0.1) is 12.3 Å². The normalized spacial score (nSPS) is 13.6. The number of terminal acetylenes is 1. The Morgan fingerprint density at radius 3 is 2.06 bits per heavy atom. The van der Waals surface area contributed by atoms with Gasteiger partial charge in [-0.05, 0) is 17.7 Å². The standard InChI is InChI=1S/C16H14OS/c1-2-15(17)16(13-9-5-3-6-10-13)18-14-11-7-4-8-12-14/h1,3-12,15-17H/t15-,16+/m1/s1. The van der Waals surface area contributed by atoms with E-state index in [2.05, 4.69) is 5.92 Å². The van der Waals surface area contributed by atoms with Crippen molar-refractivity contribution in [3.05, 3.63) is 66.2 Å². The van der Waals surface area contributed by atoms with Crippen LogP contribution in [0.15, 0.2) is 65.6 Å². The molecule has 0 saturated carbocycles. The maximum absolute atomic E-state index is 9.98. The van der Waals surface area contributed by atoms with Crippen LogP contribution in [-0.2, 0) is 0 Å². The second-order valence-electron chi connectivity index (χ2n) is 3.87. The van der Waals surface area contributed by atoms with Crippen LogP contribution in [0.4, 0.5) is 0 Å². The SMILES string of the molecule is C#C[C@@H](O)[C@@H](Sc1ccccc1)c1ccccc1. The number of thioether (sulfide) groups is 1. The van der Waals surface area contributed by atoms with Crippen LogP contribution in [0.25, 0.3) is 0 Å². The van der Waals surface area contributed by atoms with Crippen LogP contribution in [0.3, 0.4) is 0 Å². The van der Waals surface area contributed by atoms with Gasteiger partial charge in [0.25, 0.3) is 0 Å². The Balaban J connectivity index is 2.25. The molecule has 0 amide bonds. The molecular formula is C16H14OS. The molecule has 2 aromatic rings. The summed E-state index contributed by atoms with van der Waals surface area (Å²) in [7, 11) is 0. The summed E-state index contributed by atoms with van der Waals surface area (Å²) in [6, 6.07) is 19.8. The summed E-state index contributed by atoms with van der Waals surface area (Å²) < 4.78 is 0. The fourth-order valence-corrected chi connectivity index (χ4v) is 2.80. The number of hydrogen-bond acceptors (Lipinski definition) is 2. The maximum Gasteiger partial charge on any atom is 0.130 e. The van der Waals surface area contributed by atoms with E-state index in [0.717, 1.165) is 10.5 Å². The monoisotopic (exact) mass is 254 g/mol. The topological polar surface area (TPSA) is 20.2 Å². The van der Waals surface area contributed by atoms with Crippen LogP contribution in [-0.4, -0.2) is 11.2 Å². The smallest absolute Gasteiger partial charge is 0.130 e. The first-order valence-electron chi connectivity index (χ1n) is 5.72. The summed E-state index contributed by atoms with van der Waals surface area (Å²) in [5.74, 6) is 2.42. The first-order valence-corrected chi connectivity index (χ1v) is 6.60. The summed E-state index contributed by atoms with van der Waals surface area (Å²) in [5, 5.41) is 9.84. The van der Waals surface area contributed by atoms with E-state index in [4.69, 9.17) is 6.42 Å². The zero-order valence-corrected chi connectivity index (χ0v) is 10.7. The number of hydrogen-bond donors (Lipinski definition) is 1. The molecule has 0 radical (unpaired) electrons. The van der Waals surface area contributed by atoms with E-state index in [-0.39, 0.29) is 5.25 Å². The zero-order chi connectivity index (χ0) is 12.8. The van der Waals surface area contributed by atoms with E-state index in [9.17, 15) is 5.11 Å². The molecule has 0 aliphatic heterocycles. The predicted octanol–water partition coefficient (Wildman–Crippen LogP) is 3.51. The van der Waals surface area contributed by atoms with Crippen molar-refractivity contribution in [2.24, 2.45) is 0 Å².